The van der Waals surface area contributed by atoms with E-state index in [0.29, 0.717) is 23.7 Å². The Balaban J connectivity index is 1.29. The van der Waals surface area contributed by atoms with Crippen molar-refractivity contribution in [1.82, 2.24) is 0 Å². The minimum Gasteiger partial charge on any atom is -0.206 e. The summed E-state index contributed by atoms with van der Waals surface area (Å²) in [6, 6.07) is 10.8. The van der Waals surface area contributed by atoms with E-state index in [1.54, 1.807) is 0 Å². The van der Waals surface area contributed by atoms with E-state index in [2.05, 4.69) is 37.3 Å². The monoisotopic (exact) mass is 318 g/mol. The zero-order valence-corrected chi connectivity index (χ0v) is 14.4. The molecule has 7 atom stereocenters. The van der Waals surface area contributed by atoms with E-state index in [0.717, 1.165) is 18.8 Å². The second-order valence-electron chi connectivity index (χ2n) is 8.76. The van der Waals surface area contributed by atoms with Gasteiger partial charge < -0.3 is 0 Å². The summed E-state index contributed by atoms with van der Waals surface area (Å²) in [6.45, 7) is 6.24. The van der Waals surface area contributed by atoms with E-state index in [4.69, 9.17) is 0 Å². The van der Waals surface area contributed by atoms with Crippen LogP contribution in [0.4, 0.5) is 8.78 Å². The Morgan fingerprint density at radius 3 is 2.39 bits per heavy atom. The zero-order chi connectivity index (χ0) is 16.4. The lowest BCUT2D eigenvalue weighted by molar-refractivity contribution is 0.0729. The second kappa shape index (κ2) is 5.29. The van der Waals surface area contributed by atoms with Crippen LogP contribution in [0.1, 0.15) is 51.5 Å². The fourth-order valence-corrected chi connectivity index (χ4v) is 5.35. The molecule has 0 N–H and O–H groups in total. The highest BCUT2D eigenvalue weighted by Crippen LogP contribution is 2.70. The predicted molar refractivity (Wildman–Crippen MR) is 89.4 cm³/mol. The molecule has 126 valence electrons. The number of rotatable bonds is 6. The zero-order valence-electron chi connectivity index (χ0n) is 14.4. The fourth-order valence-electron chi connectivity index (χ4n) is 5.35. The van der Waals surface area contributed by atoms with E-state index in [1.807, 2.05) is 13.8 Å². The van der Waals surface area contributed by atoms with Crippen LogP contribution in [0.2, 0.25) is 0 Å². The van der Waals surface area contributed by atoms with Crippen molar-refractivity contribution in [2.45, 2.75) is 51.9 Å². The van der Waals surface area contributed by atoms with Gasteiger partial charge in [0.2, 0.25) is 0 Å². The van der Waals surface area contributed by atoms with Crippen molar-refractivity contribution < 1.29 is 8.78 Å². The normalized spacial score (nSPS) is 41.7. The van der Waals surface area contributed by atoms with Gasteiger partial charge in [-0.05, 0) is 60.3 Å². The average molecular weight is 318 g/mol. The molecule has 3 saturated carbocycles. The molecule has 3 unspecified atom stereocenters. The van der Waals surface area contributed by atoms with Crippen molar-refractivity contribution in [3.63, 3.8) is 0 Å². The second-order valence-corrected chi connectivity index (χ2v) is 8.76. The number of benzene rings is 1. The topological polar surface area (TPSA) is 0 Å². The van der Waals surface area contributed by atoms with Gasteiger partial charge in [0.1, 0.15) is 0 Å². The van der Waals surface area contributed by atoms with E-state index in [-0.39, 0.29) is 17.8 Å². The summed E-state index contributed by atoms with van der Waals surface area (Å²) >= 11 is 0. The molecular weight excluding hydrogens is 290 g/mol. The summed E-state index contributed by atoms with van der Waals surface area (Å²) in [6.07, 6.45) is 3.50. The maximum Gasteiger partial charge on any atom is 0.255 e. The van der Waals surface area contributed by atoms with Gasteiger partial charge in [0.25, 0.3) is 5.92 Å². The summed E-state index contributed by atoms with van der Waals surface area (Å²) in [7, 11) is 0. The highest BCUT2D eigenvalue weighted by Gasteiger charge is 2.74. The number of hydrogen-bond donors (Lipinski definition) is 0. The largest absolute Gasteiger partial charge is 0.255 e. The minimum absolute atomic E-state index is 0.125. The van der Waals surface area contributed by atoms with Crippen LogP contribution in [0.15, 0.2) is 30.3 Å². The third kappa shape index (κ3) is 2.72. The van der Waals surface area contributed by atoms with E-state index in [9.17, 15) is 8.78 Å². The molecule has 0 nitrogen and oxygen atoms in total. The predicted octanol–water partition coefficient (Wildman–Crippen LogP) is 5.99. The fraction of sp³-hybridized carbons (Fsp3) is 0.714. The molecule has 0 amide bonds. The number of halogens is 2. The van der Waals surface area contributed by atoms with Crippen LogP contribution >= 0.6 is 0 Å². The van der Waals surface area contributed by atoms with E-state index < -0.39 is 5.92 Å². The van der Waals surface area contributed by atoms with Crippen LogP contribution in [0.3, 0.4) is 0 Å². The maximum atomic E-state index is 14.0. The molecule has 4 rings (SSSR count). The van der Waals surface area contributed by atoms with Crippen LogP contribution in [-0.4, -0.2) is 5.92 Å². The van der Waals surface area contributed by atoms with Crippen LogP contribution in [0.5, 0.6) is 0 Å². The van der Waals surface area contributed by atoms with Crippen LogP contribution in [-0.2, 0) is 0 Å². The smallest absolute Gasteiger partial charge is 0.206 e. The van der Waals surface area contributed by atoms with Crippen molar-refractivity contribution in [3.8, 4) is 0 Å². The van der Waals surface area contributed by atoms with Gasteiger partial charge >= 0.3 is 0 Å². The maximum absolute atomic E-state index is 14.0. The van der Waals surface area contributed by atoms with Gasteiger partial charge in [0.15, 0.2) is 0 Å². The average Bonchev–Trinajstić information content (AvgIpc) is 3.36. The first-order chi connectivity index (χ1) is 10.9. The first-order valence-electron chi connectivity index (χ1n) is 9.34. The highest BCUT2D eigenvalue weighted by atomic mass is 19.3. The first-order valence-corrected chi connectivity index (χ1v) is 9.34. The molecule has 0 aromatic heterocycles. The van der Waals surface area contributed by atoms with Gasteiger partial charge in [-0.2, -0.15) is 0 Å². The third-order valence-corrected chi connectivity index (χ3v) is 6.80. The van der Waals surface area contributed by atoms with Gasteiger partial charge in [-0.25, -0.2) is 8.78 Å². The molecule has 0 saturated heterocycles. The Morgan fingerprint density at radius 1 is 1.09 bits per heavy atom. The van der Waals surface area contributed by atoms with Crippen molar-refractivity contribution >= 4 is 0 Å². The van der Waals surface area contributed by atoms with Crippen LogP contribution in [0.25, 0.3) is 0 Å². The van der Waals surface area contributed by atoms with Crippen molar-refractivity contribution in [3.05, 3.63) is 35.9 Å². The molecule has 3 fully saturated rings. The van der Waals surface area contributed by atoms with Crippen molar-refractivity contribution in [1.29, 1.82) is 0 Å². The SMILES string of the molecule is CC(CC1CC1[C@H]1[C@H](C(C)C)C1(F)F)[C@@H]1C[C@H]1c1ccccc1. The third-order valence-electron chi connectivity index (χ3n) is 6.80. The Morgan fingerprint density at radius 2 is 1.78 bits per heavy atom. The summed E-state index contributed by atoms with van der Waals surface area (Å²) in [5, 5.41) is 0. The van der Waals surface area contributed by atoms with Gasteiger partial charge in [-0.15, -0.1) is 0 Å². The molecule has 0 radical (unpaired) electrons. The van der Waals surface area contributed by atoms with E-state index in [1.165, 1.54) is 12.0 Å². The Kier molecular flexibility index (Phi) is 3.59. The van der Waals surface area contributed by atoms with Gasteiger partial charge in [0.05, 0.1) is 0 Å². The standard InChI is InChI=1S/C21H28F2/c1-12(2)19-20(21(19,22)23)18-10-15(18)9-13(3)16-11-17(16)14-7-5-4-6-8-14/h4-8,12-13,15-20H,9-11H2,1-3H3/t13?,15?,16-,17-,18?,19-,20-/m0/s1. The summed E-state index contributed by atoms with van der Waals surface area (Å²) < 4.78 is 27.9. The molecule has 23 heavy (non-hydrogen) atoms. The minimum atomic E-state index is -2.37. The summed E-state index contributed by atoms with van der Waals surface area (Å²) in [5.41, 5.74) is 1.46. The molecule has 0 bridgehead atoms. The van der Waals surface area contributed by atoms with Crippen LogP contribution in [0, 0.1) is 41.4 Å². The van der Waals surface area contributed by atoms with Crippen LogP contribution < -0.4 is 0 Å². The molecule has 0 heterocycles. The Hall–Kier alpha value is -0.920. The Bertz CT molecular complexity index is 564. The molecule has 1 aromatic carbocycles. The molecular formula is C21H28F2. The molecule has 2 heteroatoms. The van der Waals surface area contributed by atoms with Gasteiger partial charge in [-0.1, -0.05) is 51.1 Å². The summed E-state index contributed by atoms with van der Waals surface area (Å²) in [5.74, 6) is 0.168. The van der Waals surface area contributed by atoms with E-state index >= 15 is 0 Å². The quantitative estimate of drug-likeness (QED) is 0.604. The number of alkyl halides is 2. The Labute approximate surface area is 138 Å². The highest BCUT2D eigenvalue weighted by molar-refractivity contribution is 5.26. The van der Waals surface area contributed by atoms with Gasteiger partial charge in [-0.3, -0.25) is 0 Å². The molecule has 3 aliphatic carbocycles. The first kappa shape index (κ1) is 15.6. The lowest BCUT2D eigenvalue weighted by Crippen LogP contribution is -2.03. The molecule has 3 aliphatic rings. The molecule has 0 spiro atoms. The lowest BCUT2D eigenvalue weighted by atomic mass is 9.94. The van der Waals surface area contributed by atoms with Crippen molar-refractivity contribution in [2.24, 2.45) is 41.4 Å². The molecule has 1 aromatic rings. The van der Waals surface area contributed by atoms with Gasteiger partial charge in [0, 0.05) is 11.8 Å². The number of hydrogen-bond acceptors (Lipinski definition) is 0. The lowest BCUT2D eigenvalue weighted by Gasteiger charge is -2.11. The summed E-state index contributed by atoms with van der Waals surface area (Å²) in [4.78, 5) is 0. The van der Waals surface area contributed by atoms with Crippen molar-refractivity contribution in [2.75, 3.05) is 0 Å². The molecule has 0 aliphatic heterocycles.